The lowest BCUT2D eigenvalue weighted by Crippen LogP contribution is -2.07. The van der Waals surface area contributed by atoms with Gasteiger partial charge in [-0.2, -0.15) is 0 Å². The van der Waals surface area contributed by atoms with E-state index in [0.717, 1.165) is 51.7 Å². The lowest BCUT2D eigenvalue weighted by Gasteiger charge is -2.12. The number of benzene rings is 2. The predicted molar refractivity (Wildman–Crippen MR) is 127 cm³/mol. The maximum atomic E-state index is 10.1. The molecule has 0 aliphatic rings. The third kappa shape index (κ3) is 2.80. The van der Waals surface area contributed by atoms with Crippen LogP contribution in [-0.2, 0) is 13.1 Å². The van der Waals surface area contributed by atoms with Crippen LogP contribution in [-0.4, -0.2) is 30.8 Å². The normalized spacial score (nSPS) is 11.8. The summed E-state index contributed by atoms with van der Waals surface area (Å²) in [5, 5.41) is 14.8. The van der Waals surface area contributed by atoms with E-state index in [0.29, 0.717) is 6.61 Å². The standard InChI is InChI=1S/C26H22N4O2/c1-2-32-18-4-6-20-22-8-10-28-16-26(22)30(24(20)14-18)12-11-29-23-13-17(31)3-5-19(23)21-7-9-27-15-25(21)29/h3-10,13-16,31H,2,11-12H2,1H3. The summed E-state index contributed by atoms with van der Waals surface area (Å²) in [6.45, 7) is 4.09. The summed E-state index contributed by atoms with van der Waals surface area (Å²) in [4.78, 5) is 8.73. The molecular formula is C26H22N4O2. The highest BCUT2D eigenvalue weighted by atomic mass is 16.5. The number of aromatic hydroxyl groups is 1. The first-order valence-electron chi connectivity index (χ1n) is 10.8. The summed E-state index contributed by atoms with van der Waals surface area (Å²) in [5.74, 6) is 1.12. The summed E-state index contributed by atoms with van der Waals surface area (Å²) in [6, 6.07) is 15.9. The molecule has 0 fully saturated rings. The van der Waals surface area contributed by atoms with Gasteiger partial charge in [-0.1, -0.05) is 0 Å². The molecule has 6 aromatic rings. The van der Waals surface area contributed by atoms with Crippen LogP contribution in [0.3, 0.4) is 0 Å². The number of nitrogens with zero attached hydrogens (tertiary/aromatic N) is 4. The molecule has 0 aliphatic heterocycles. The zero-order valence-electron chi connectivity index (χ0n) is 17.7. The molecule has 2 aromatic carbocycles. The maximum absolute atomic E-state index is 10.1. The van der Waals surface area contributed by atoms with Gasteiger partial charge in [0.25, 0.3) is 0 Å². The highest BCUT2D eigenvalue weighted by Gasteiger charge is 2.15. The van der Waals surface area contributed by atoms with E-state index in [-0.39, 0.29) is 5.75 Å². The average molecular weight is 422 g/mol. The summed E-state index contributed by atoms with van der Waals surface area (Å²) in [5.41, 5.74) is 4.28. The van der Waals surface area contributed by atoms with Crippen LogP contribution in [0.25, 0.3) is 43.6 Å². The molecule has 6 nitrogen and oxygen atoms in total. The Hall–Kier alpha value is -4.06. The molecule has 1 N–H and O–H groups in total. The quantitative estimate of drug-likeness (QED) is 0.399. The van der Waals surface area contributed by atoms with Gasteiger partial charge in [-0.15, -0.1) is 0 Å². The zero-order valence-corrected chi connectivity index (χ0v) is 17.7. The maximum Gasteiger partial charge on any atom is 0.121 e. The number of pyridine rings is 2. The molecule has 0 unspecified atom stereocenters. The third-order valence-corrected chi connectivity index (χ3v) is 6.15. The van der Waals surface area contributed by atoms with Gasteiger partial charge in [-0.05, 0) is 43.3 Å². The highest BCUT2D eigenvalue weighted by molar-refractivity contribution is 6.09. The van der Waals surface area contributed by atoms with Crippen molar-refractivity contribution in [2.24, 2.45) is 0 Å². The molecule has 4 aromatic heterocycles. The Bertz CT molecular complexity index is 1610. The lowest BCUT2D eigenvalue weighted by atomic mass is 10.2. The molecule has 158 valence electrons. The molecule has 32 heavy (non-hydrogen) atoms. The number of aryl methyl sites for hydroxylation is 2. The van der Waals surface area contributed by atoms with Crippen molar-refractivity contribution < 1.29 is 9.84 Å². The average Bonchev–Trinajstić information content (AvgIpc) is 3.30. The van der Waals surface area contributed by atoms with E-state index in [2.05, 4.69) is 37.3 Å². The van der Waals surface area contributed by atoms with Crippen LogP contribution in [0.5, 0.6) is 11.5 Å². The number of hydrogen-bond donors (Lipinski definition) is 1. The van der Waals surface area contributed by atoms with E-state index in [4.69, 9.17) is 4.74 Å². The fourth-order valence-electron chi connectivity index (χ4n) is 4.79. The van der Waals surface area contributed by atoms with E-state index in [1.165, 1.54) is 10.8 Å². The van der Waals surface area contributed by atoms with Crippen LogP contribution in [0.4, 0.5) is 0 Å². The number of fused-ring (bicyclic) bond motifs is 6. The van der Waals surface area contributed by atoms with Gasteiger partial charge in [0.2, 0.25) is 0 Å². The van der Waals surface area contributed by atoms with E-state index in [1.54, 1.807) is 6.07 Å². The molecule has 6 heteroatoms. The Labute approximate surface area is 184 Å². The molecule has 0 aliphatic carbocycles. The van der Waals surface area contributed by atoms with Crippen LogP contribution in [0.15, 0.2) is 73.3 Å². The van der Waals surface area contributed by atoms with Crippen LogP contribution in [0.1, 0.15) is 6.92 Å². The summed E-state index contributed by atoms with van der Waals surface area (Å²) < 4.78 is 10.3. The van der Waals surface area contributed by atoms with Gasteiger partial charge >= 0.3 is 0 Å². The van der Waals surface area contributed by atoms with Gasteiger partial charge in [0.1, 0.15) is 11.5 Å². The van der Waals surface area contributed by atoms with Crippen molar-refractivity contribution in [1.82, 2.24) is 19.1 Å². The minimum absolute atomic E-state index is 0.261. The van der Waals surface area contributed by atoms with Gasteiger partial charge in [-0.3, -0.25) is 9.97 Å². The third-order valence-electron chi connectivity index (χ3n) is 6.15. The molecule has 0 saturated heterocycles. The molecule has 0 spiro atoms. The van der Waals surface area contributed by atoms with Crippen molar-refractivity contribution in [2.45, 2.75) is 20.0 Å². The summed E-state index contributed by atoms with van der Waals surface area (Å²) >= 11 is 0. The van der Waals surface area contributed by atoms with Crippen molar-refractivity contribution in [2.75, 3.05) is 6.61 Å². The Balaban J connectivity index is 1.52. The van der Waals surface area contributed by atoms with Gasteiger partial charge in [-0.25, -0.2) is 0 Å². The second-order valence-electron chi connectivity index (χ2n) is 7.90. The first-order valence-corrected chi connectivity index (χ1v) is 10.8. The first kappa shape index (κ1) is 18.7. The highest BCUT2D eigenvalue weighted by Crippen LogP contribution is 2.33. The Morgan fingerprint density at radius 1 is 0.719 bits per heavy atom. The topological polar surface area (TPSA) is 65.1 Å². The molecule has 0 saturated carbocycles. The van der Waals surface area contributed by atoms with Crippen LogP contribution >= 0.6 is 0 Å². The number of phenols is 1. The number of phenolic OH excluding ortho intramolecular Hbond substituents is 1. The molecule has 0 amide bonds. The number of hydrogen-bond acceptors (Lipinski definition) is 4. The van der Waals surface area contributed by atoms with Gasteiger partial charge in [0.15, 0.2) is 0 Å². The molecule has 4 heterocycles. The van der Waals surface area contributed by atoms with E-state index < -0.39 is 0 Å². The number of ether oxygens (including phenoxy) is 1. The van der Waals surface area contributed by atoms with Crippen LogP contribution in [0.2, 0.25) is 0 Å². The van der Waals surface area contributed by atoms with Gasteiger partial charge in [0, 0.05) is 59.2 Å². The second kappa shape index (κ2) is 7.27. The van der Waals surface area contributed by atoms with Gasteiger partial charge in [0.05, 0.1) is 41.1 Å². The lowest BCUT2D eigenvalue weighted by molar-refractivity contribution is 0.340. The number of rotatable bonds is 5. The fourth-order valence-corrected chi connectivity index (χ4v) is 4.79. The number of aromatic nitrogens is 4. The van der Waals surface area contributed by atoms with Crippen molar-refractivity contribution in [3.05, 3.63) is 73.3 Å². The van der Waals surface area contributed by atoms with Gasteiger partial charge < -0.3 is 19.0 Å². The SMILES string of the molecule is CCOc1ccc2c3ccncc3n(CCn3c4cnccc4c4ccc(O)cc43)c2c1. The summed E-state index contributed by atoms with van der Waals surface area (Å²) in [7, 11) is 0. The molecule has 6 rings (SSSR count). The molecule has 0 atom stereocenters. The van der Waals surface area contributed by atoms with Crippen molar-refractivity contribution in [3.63, 3.8) is 0 Å². The van der Waals surface area contributed by atoms with E-state index >= 15 is 0 Å². The largest absolute Gasteiger partial charge is 0.508 e. The Morgan fingerprint density at radius 2 is 1.28 bits per heavy atom. The van der Waals surface area contributed by atoms with E-state index in [1.807, 2.05) is 56.0 Å². The van der Waals surface area contributed by atoms with Crippen molar-refractivity contribution >= 4 is 43.6 Å². The zero-order chi connectivity index (χ0) is 21.7. The fraction of sp³-hybridized carbons (Fsp3) is 0.154. The molecule has 0 bridgehead atoms. The molecule has 0 radical (unpaired) electrons. The Morgan fingerprint density at radius 3 is 1.91 bits per heavy atom. The second-order valence-corrected chi connectivity index (χ2v) is 7.90. The predicted octanol–water partition coefficient (Wildman–Crippen LogP) is 5.50. The van der Waals surface area contributed by atoms with Crippen LogP contribution in [0, 0.1) is 0 Å². The Kier molecular flexibility index (Phi) is 4.24. The smallest absolute Gasteiger partial charge is 0.121 e. The van der Waals surface area contributed by atoms with Crippen molar-refractivity contribution in [3.8, 4) is 11.5 Å². The van der Waals surface area contributed by atoms with Crippen LogP contribution < -0.4 is 4.74 Å². The van der Waals surface area contributed by atoms with E-state index in [9.17, 15) is 5.11 Å². The molecular weight excluding hydrogens is 400 g/mol. The first-order chi connectivity index (χ1) is 15.7. The summed E-state index contributed by atoms with van der Waals surface area (Å²) in [6.07, 6.45) is 7.47. The minimum atomic E-state index is 0.261. The monoisotopic (exact) mass is 422 g/mol. The minimum Gasteiger partial charge on any atom is -0.508 e. The van der Waals surface area contributed by atoms with Crippen molar-refractivity contribution in [1.29, 1.82) is 0 Å².